The number of benzene rings is 2. The fraction of sp³-hybridized carbons (Fsp3) is 0.250. The highest BCUT2D eigenvalue weighted by molar-refractivity contribution is 9.10. The third-order valence-corrected chi connectivity index (χ3v) is 4.14. The minimum atomic E-state index is -0.549. The number of halogens is 3. The fourth-order valence-corrected chi connectivity index (χ4v) is 2.77. The van der Waals surface area contributed by atoms with Gasteiger partial charge in [0.2, 0.25) is 0 Å². The third kappa shape index (κ3) is 2.91. The lowest BCUT2D eigenvalue weighted by atomic mass is 9.88. The number of nitrogens with one attached hydrogen (secondary N) is 1. The second kappa shape index (κ2) is 6.46. The predicted octanol–water partition coefficient (Wildman–Crippen LogP) is 4.79. The van der Waals surface area contributed by atoms with Crippen molar-refractivity contribution in [3.63, 3.8) is 0 Å². The molecule has 0 aliphatic rings. The third-order valence-electron chi connectivity index (χ3n) is 3.53. The molecule has 2 rings (SSSR count). The van der Waals surface area contributed by atoms with E-state index in [0.717, 1.165) is 5.56 Å². The molecule has 0 fully saturated rings. The monoisotopic (exact) mass is 339 g/mol. The Morgan fingerprint density at radius 2 is 1.70 bits per heavy atom. The zero-order valence-electron chi connectivity index (χ0n) is 11.3. The van der Waals surface area contributed by atoms with Crippen LogP contribution < -0.4 is 5.32 Å². The van der Waals surface area contributed by atoms with E-state index in [-0.39, 0.29) is 16.0 Å². The number of rotatable bonds is 4. The molecule has 0 saturated carbocycles. The number of hydrogen-bond donors (Lipinski definition) is 1. The molecule has 2 unspecified atom stereocenters. The maximum atomic E-state index is 14.2. The molecule has 0 bridgehead atoms. The molecule has 20 heavy (non-hydrogen) atoms. The van der Waals surface area contributed by atoms with Gasteiger partial charge in [0.05, 0.1) is 4.47 Å². The largest absolute Gasteiger partial charge is 0.312 e. The topological polar surface area (TPSA) is 12.0 Å². The molecule has 0 aliphatic carbocycles. The van der Waals surface area contributed by atoms with Gasteiger partial charge in [-0.1, -0.05) is 37.3 Å². The van der Waals surface area contributed by atoms with Gasteiger partial charge < -0.3 is 5.32 Å². The van der Waals surface area contributed by atoms with E-state index >= 15 is 0 Å². The standard InChI is InChI=1S/C16H16BrF2N/c1-10(11-6-4-3-5-7-11)16(20-2)14-13(18)9-8-12(17)15(14)19/h3-10,16,20H,1-2H3. The Morgan fingerprint density at radius 3 is 2.30 bits per heavy atom. The minimum absolute atomic E-state index is 0.0560. The van der Waals surface area contributed by atoms with E-state index in [0.29, 0.717) is 0 Å². The lowest BCUT2D eigenvalue weighted by Crippen LogP contribution is -2.24. The van der Waals surface area contributed by atoms with Crippen molar-refractivity contribution in [1.82, 2.24) is 5.32 Å². The Labute approximate surface area is 126 Å². The maximum Gasteiger partial charge on any atom is 0.145 e. The SMILES string of the molecule is CNC(c1c(F)ccc(Br)c1F)C(C)c1ccccc1. The van der Waals surface area contributed by atoms with Crippen molar-refractivity contribution in [2.24, 2.45) is 0 Å². The molecule has 0 saturated heterocycles. The van der Waals surface area contributed by atoms with Crippen LogP contribution in [-0.4, -0.2) is 7.05 Å². The Kier molecular flexibility index (Phi) is 4.89. The average Bonchev–Trinajstić information content (AvgIpc) is 2.48. The second-order valence-electron chi connectivity index (χ2n) is 4.72. The Hall–Kier alpha value is -1.26. The number of likely N-dealkylation sites (N-methyl/N-ethyl adjacent to an activating group) is 1. The first-order valence-electron chi connectivity index (χ1n) is 6.42. The van der Waals surface area contributed by atoms with Crippen LogP contribution in [0.5, 0.6) is 0 Å². The zero-order valence-corrected chi connectivity index (χ0v) is 12.9. The van der Waals surface area contributed by atoms with Gasteiger partial charge in [-0.3, -0.25) is 0 Å². The summed E-state index contributed by atoms with van der Waals surface area (Å²) in [5.74, 6) is -1.14. The van der Waals surface area contributed by atoms with Crippen molar-refractivity contribution in [3.05, 3.63) is 69.7 Å². The van der Waals surface area contributed by atoms with E-state index in [9.17, 15) is 8.78 Å². The summed E-state index contributed by atoms with van der Waals surface area (Å²) in [6, 6.07) is 11.9. The molecule has 0 spiro atoms. The first kappa shape index (κ1) is 15.1. The van der Waals surface area contributed by atoms with E-state index in [1.807, 2.05) is 37.3 Å². The van der Waals surface area contributed by atoms with Gasteiger partial charge in [-0.15, -0.1) is 0 Å². The molecular weight excluding hydrogens is 324 g/mol. The molecule has 4 heteroatoms. The molecule has 0 amide bonds. The van der Waals surface area contributed by atoms with Crippen LogP contribution in [0.1, 0.15) is 30.0 Å². The van der Waals surface area contributed by atoms with Crippen LogP contribution >= 0.6 is 15.9 Å². The highest BCUT2D eigenvalue weighted by Crippen LogP contribution is 2.35. The van der Waals surface area contributed by atoms with Gasteiger partial charge in [0.1, 0.15) is 11.6 Å². The molecule has 0 aliphatic heterocycles. The van der Waals surface area contributed by atoms with E-state index < -0.39 is 17.7 Å². The van der Waals surface area contributed by atoms with Crippen LogP contribution in [0.2, 0.25) is 0 Å². The molecule has 1 nitrogen and oxygen atoms in total. The van der Waals surface area contributed by atoms with Gasteiger partial charge in [0.15, 0.2) is 0 Å². The molecular formula is C16H16BrF2N. The molecule has 2 aromatic carbocycles. The highest BCUT2D eigenvalue weighted by Gasteiger charge is 2.26. The van der Waals surface area contributed by atoms with Crippen molar-refractivity contribution < 1.29 is 8.78 Å². The van der Waals surface area contributed by atoms with Crippen LogP contribution in [0.3, 0.4) is 0 Å². The van der Waals surface area contributed by atoms with Gasteiger partial charge >= 0.3 is 0 Å². The second-order valence-corrected chi connectivity index (χ2v) is 5.58. The van der Waals surface area contributed by atoms with E-state index in [1.165, 1.54) is 12.1 Å². The summed E-state index contributed by atoms with van der Waals surface area (Å²) < 4.78 is 28.6. The van der Waals surface area contributed by atoms with E-state index in [2.05, 4.69) is 21.2 Å². The normalized spacial score (nSPS) is 14.1. The van der Waals surface area contributed by atoms with Crippen LogP contribution in [0.15, 0.2) is 46.9 Å². The van der Waals surface area contributed by atoms with E-state index in [1.54, 1.807) is 7.05 Å². The summed E-state index contributed by atoms with van der Waals surface area (Å²) in [6.45, 7) is 1.95. The fourth-order valence-electron chi connectivity index (χ4n) is 2.42. The molecule has 1 N–H and O–H groups in total. The molecule has 0 aromatic heterocycles. The van der Waals surface area contributed by atoms with Gasteiger partial charge in [0, 0.05) is 17.5 Å². The molecule has 2 aromatic rings. The quantitative estimate of drug-likeness (QED) is 0.789. The average molecular weight is 340 g/mol. The van der Waals surface area contributed by atoms with Crippen molar-refractivity contribution in [1.29, 1.82) is 0 Å². The minimum Gasteiger partial charge on any atom is -0.312 e. The number of hydrogen-bond acceptors (Lipinski definition) is 1. The molecule has 106 valence electrons. The molecule has 0 heterocycles. The van der Waals surface area contributed by atoms with Crippen LogP contribution in [0.4, 0.5) is 8.78 Å². The lowest BCUT2D eigenvalue weighted by molar-refractivity contribution is 0.446. The summed E-state index contributed by atoms with van der Waals surface area (Å²) in [7, 11) is 1.71. The van der Waals surface area contributed by atoms with Crippen molar-refractivity contribution in [2.75, 3.05) is 7.05 Å². The predicted molar refractivity (Wildman–Crippen MR) is 80.7 cm³/mol. The van der Waals surface area contributed by atoms with E-state index in [4.69, 9.17) is 0 Å². The van der Waals surface area contributed by atoms with Gasteiger partial charge in [-0.25, -0.2) is 8.78 Å². The highest BCUT2D eigenvalue weighted by atomic mass is 79.9. The van der Waals surface area contributed by atoms with Gasteiger partial charge in [0.25, 0.3) is 0 Å². The summed E-state index contributed by atoms with van der Waals surface area (Å²) >= 11 is 3.11. The lowest BCUT2D eigenvalue weighted by Gasteiger charge is -2.25. The Morgan fingerprint density at radius 1 is 1.05 bits per heavy atom. The first-order valence-corrected chi connectivity index (χ1v) is 7.21. The van der Waals surface area contributed by atoms with Crippen LogP contribution in [0.25, 0.3) is 0 Å². The zero-order chi connectivity index (χ0) is 14.7. The van der Waals surface area contributed by atoms with Gasteiger partial charge in [-0.05, 0) is 40.7 Å². The summed E-state index contributed by atoms with van der Waals surface area (Å²) in [4.78, 5) is 0. The van der Waals surface area contributed by atoms with Crippen molar-refractivity contribution >= 4 is 15.9 Å². The Balaban J connectivity index is 2.46. The molecule has 0 radical (unpaired) electrons. The summed E-state index contributed by atoms with van der Waals surface area (Å²) in [5.41, 5.74) is 1.10. The van der Waals surface area contributed by atoms with Gasteiger partial charge in [-0.2, -0.15) is 0 Å². The maximum absolute atomic E-state index is 14.2. The smallest absolute Gasteiger partial charge is 0.145 e. The van der Waals surface area contributed by atoms with Crippen LogP contribution in [-0.2, 0) is 0 Å². The first-order chi connectivity index (χ1) is 9.56. The van der Waals surface area contributed by atoms with Crippen molar-refractivity contribution in [3.8, 4) is 0 Å². The summed E-state index contributed by atoms with van der Waals surface area (Å²) in [6.07, 6.45) is 0. The Bertz CT molecular complexity index is 587. The summed E-state index contributed by atoms with van der Waals surface area (Å²) in [5, 5.41) is 3.02. The van der Waals surface area contributed by atoms with Crippen LogP contribution in [0, 0.1) is 11.6 Å². The van der Waals surface area contributed by atoms with Crippen molar-refractivity contribution in [2.45, 2.75) is 18.9 Å². The molecule has 2 atom stereocenters.